The monoisotopic (exact) mass is 270 g/mol. The van der Waals surface area contributed by atoms with Gasteiger partial charge in [-0.2, -0.15) is 0 Å². The van der Waals surface area contributed by atoms with Crippen molar-refractivity contribution in [3.63, 3.8) is 0 Å². The van der Waals surface area contributed by atoms with Crippen molar-refractivity contribution in [1.82, 2.24) is 9.97 Å². The standard InChI is InChI=1S/C14H10N2O2S/c17-14(18-8-11-7-15-9-19-11)13-12-4-2-1-3-10(12)5-6-16-13/h1-7,9H,8H2. The lowest BCUT2D eigenvalue weighted by Crippen LogP contribution is -2.07. The summed E-state index contributed by atoms with van der Waals surface area (Å²) in [5, 5.41) is 1.78. The summed E-state index contributed by atoms with van der Waals surface area (Å²) >= 11 is 1.45. The molecule has 3 rings (SSSR count). The van der Waals surface area contributed by atoms with Crippen molar-refractivity contribution in [2.45, 2.75) is 6.61 Å². The first kappa shape index (κ1) is 11.8. The van der Waals surface area contributed by atoms with Gasteiger partial charge in [-0.25, -0.2) is 9.78 Å². The van der Waals surface area contributed by atoms with E-state index in [1.54, 1.807) is 17.9 Å². The van der Waals surface area contributed by atoms with Gasteiger partial charge in [-0.05, 0) is 11.5 Å². The molecule has 0 saturated carbocycles. The molecule has 3 aromatic rings. The van der Waals surface area contributed by atoms with Crippen LogP contribution in [0.3, 0.4) is 0 Å². The van der Waals surface area contributed by atoms with Crippen LogP contribution in [0.2, 0.25) is 0 Å². The third-order valence-electron chi connectivity index (χ3n) is 2.70. The summed E-state index contributed by atoms with van der Waals surface area (Å²) in [6.45, 7) is 0.231. The number of ether oxygens (including phenoxy) is 1. The summed E-state index contributed by atoms with van der Waals surface area (Å²) in [7, 11) is 0. The van der Waals surface area contributed by atoms with Gasteiger partial charge in [-0.15, -0.1) is 11.3 Å². The van der Waals surface area contributed by atoms with E-state index in [0.29, 0.717) is 5.69 Å². The van der Waals surface area contributed by atoms with Crippen molar-refractivity contribution < 1.29 is 9.53 Å². The second-order valence-corrected chi connectivity index (χ2v) is 4.90. The number of thiazole rings is 1. The van der Waals surface area contributed by atoms with Crippen LogP contribution in [0.4, 0.5) is 0 Å². The van der Waals surface area contributed by atoms with Crippen LogP contribution in [0.25, 0.3) is 10.8 Å². The van der Waals surface area contributed by atoms with Crippen molar-refractivity contribution >= 4 is 28.1 Å². The minimum absolute atomic E-state index is 0.231. The second kappa shape index (κ2) is 5.16. The third kappa shape index (κ3) is 2.46. The van der Waals surface area contributed by atoms with Gasteiger partial charge in [0, 0.05) is 17.8 Å². The van der Waals surface area contributed by atoms with Gasteiger partial charge in [0.15, 0.2) is 5.69 Å². The fourth-order valence-corrected chi connectivity index (χ4v) is 2.31. The van der Waals surface area contributed by atoms with Crippen LogP contribution in [0, 0.1) is 0 Å². The first-order valence-electron chi connectivity index (χ1n) is 5.73. The lowest BCUT2D eigenvalue weighted by atomic mass is 10.1. The van der Waals surface area contributed by atoms with Crippen molar-refractivity contribution in [2.24, 2.45) is 0 Å². The number of hydrogen-bond donors (Lipinski definition) is 0. The summed E-state index contributed by atoms with van der Waals surface area (Å²) in [5.41, 5.74) is 2.06. The van der Waals surface area contributed by atoms with E-state index in [-0.39, 0.29) is 6.61 Å². The number of hydrogen-bond acceptors (Lipinski definition) is 5. The van der Waals surface area contributed by atoms with Crippen molar-refractivity contribution in [1.29, 1.82) is 0 Å². The van der Waals surface area contributed by atoms with E-state index in [9.17, 15) is 4.79 Å². The predicted octanol–water partition coefficient (Wildman–Crippen LogP) is 3.05. The number of benzene rings is 1. The molecule has 0 radical (unpaired) electrons. The molecule has 4 nitrogen and oxygen atoms in total. The highest BCUT2D eigenvalue weighted by Gasteiger charge is 2.13. The molecule has 0 spiro atoms. The Morgan fingerprint density at radius 1 is 1.26 bits per heavy atom. The van der Waals surface area contributed by atoms with Gasteiger partial charge >= 0.3 is 5.97 Å². The van der Waals surface area contributed by atoms with Gasteiger partial charge in [0.1, 0.15) is 6.61 Å². The summed E-state index contributed by atoms with van der Waals surface area (Å²) in [6, 6.07) is 9.48. The molecule has 1 aromatic carbocycles. The van der Waals surface area contributed by atoms with E-state index in [2.05, 4.69) is 9.97 Å². The number of carbonyl (C=O) groups is 1. The molecular weight excluding hydrogens is 260 g/mol. The molecule has 0 atom stereocenters. The molecule has 2 heterocycles. The van der Waals surface area contributed by atoms with Crippen LogP contribution in [-0.4, -0.2) is 15.9 Å². The molecule has 2 aromatic heterocycles. The van der Waals surface area contributed by atoms with Gasteiger partial charge in [0.2, 0.25) is 0 Å². The zero-order valence-corrected chi connectivity index (χ0v) is 10.8. The number of esters is 1. The number of rotatable bonds is 3. The summed E-state index contributed by atoms with van der Waals surface area (Å²) < 4.78 is 5.25. The molecule has 94 valence electrons. The first-order valence-corrected chi connectivity index (χ1v) is 6.61. The fourth-order valence-electron chi connectivity index (χ4n) is 1.80. The van der Waals surface area contributed by atoms with Crippen molar-refractivity contribution in [3.8, 4) is 0 Å². The molecular formula is C14H10N2O2S. The SMILES string of the molecule is O=C(OCc1cncs1)c1nccc2ccccc12. The highest BCUT2D eigenvalue weighted by atomic mass is 32.1. The van der Waals surface area contributed by atoms with Crippen LogP contribution in [0.15, 0.2) is 48.2 Å². The Morgan fingerprint density at radius 3 is 3.00 bits per heavy atom. The van der Waals surface area contributed by atoms with Gasteiger partial charge in [-0.3, -0.25) is 4.98 Å². The van der Waals surface area contributed by atoms with E-state index in [4.69, 9.17) is 4.74 Å². The predicted molar refractivity (Wildman–Crippen MR) is 73.0 cm³/mol. The van der Waals surface area contributed by atoms with Crippen LogP contribution in [0.1, 0.15) is 15.4 Å². The number of aromatic nitrogens is 2. The van der Waals surface area contributed by atoms with Crippen LogP contribution < -0.4 is 0 Å². The van der Waals surface area contributed by atoms with E-state index in [1.807, 2.05) is 30.3 Å². The van der Waals surface area contributed by atoms with E-state index in [0.717, 1.165) is 15.6 Å². The Balaban J connectivity index is 1.85. The zero-order valence-electron chi connectivity index (χ0n) is 9.95. The van der Waals surface area contributed by atoms with Crippen molar-refractivity contribution in [3.05, 3.63) is 58.8 Å². The minimum Gasteiger partial charge on any atom is -0.455 e. The topological polar surface area (TPSA) is 52.1 Å². The van der Waals surface area contributed by atoms with Gasteiger partial charge in [0.25, 0.3) is 0 Å². The molecule has 19 heavy (non-hydrogen) atoms. The second-order valence-electron chi connectivity index (χ2n) is 3.92. The average Bonchev–Trinajstić information content (AvgIpc) is 2.97. The van der Waals surface area contributed by atoms with Crippen molar-refractivity contribution in [2.75, 3.05) is 0 Å². The molecule has 0 aliphatic carbocycles. The summed E-state index contributed by atoms with van der Waals surface area (Å²) in [4.78, 5) is 21.0. The van der Waals surface area contributed by atoms with Crippen LogP contribution in [-0.2, 0) is 11.3 Å². The maximum atomic E-state index is 12.1. The molecule has 5 heteroatoms. The molecule has 0 saturated heterocycles. The molecule has 0 unspecified atom stereocenters. The largest absolute Gasteiger partial charge is 0.455 e. The van der Waals surface area contributed by atoms with Crippen LogP contribution in [0.5, 0.6) is 0 Å². The number of carbonyl (C=O) groups excluding carboxylic acids is 1. The highest BCUT2D eigenvalue weighted by molar-refractivity contribution is 7.09. The Hall–Kier alpha value is -2.27. The maximum Gasteiger partial charge on any atom is 0.357 e. The van der Waals surface area contributed by atoms with Gasteiger partial charge in [-0.1, -0.05) is 24.3 Å². The molecule has 0 aliphatic heterocycles. The van der Waals surface area contributed by atoms with Crippen LogP contribution >= 0.6 is 11.3 Å². The van der Waals surface area contributed by atoms with E-state index in [1.165, 1.54) is 11.3 Å². The Bertz CT molecular complexity index is 705. The third-order valence-corrected chi connectivity index (χ3v) is 3.45. The smallest absolute Gasteiger partial charge is 0.357 e. The summed E-state index contributed by atoms with van der Waals surface area (Å²) in [5.74, 6) is -0.412. The Labute approximate surface area is 113 Å². The number of pyridine rings is 1. The highest BCUT2D eigenvalue weighted by Crippen LogP contribution is 2.17. The molecule has 0 amide bonds. The molecule has 0 bridgehead atoms. The lowest BCUT2D eigenvalue weighted by Gasteiger charge is -2.05. The van der Waals surface area contributed by atoms with Gasteiger partial charge < -0.3 is 4.74 Å². The Kier molecular flexibility index (Phi) is 3.20. The average molecular weight is 270 g/mol. The first-order chi connectivity index (χ1) is 9.34. The number of fused-ring (bicyclic) bond motifs is 1. The Morgan fingerprint density at radius 2 is 2.16 bits per heavy atom. The minimum atomic E-state index is -0.412. The molecule has 0 fully saturated rings. The molecule has 0 aliphatic rings. The fraction of sp³-hybridized carbons (Fsp3) is 0.0714. The number of nitrogens with zero attached hydrogens (tertiary/aromatic N) is 2. The zero-order chi connectivity index (χ0) is 13.1. The normalized spacial score (nSPS) is 10.5. The molecule has 0 N–H and O–H groups in total. The van der Waals surface area contributed by atoms with E-state index >= 15 is 0 Å². The quantitative estimate of drug-likeness (QED) is 0.686. The lowest BCUT2D eigenvalue weighted by molar-refractivity contribution is 0.0472. The van der Waals surface area contributed by atoms with E-state index < -0.39 is 5.97 Å². The maximum absolute atomic E-state index is 12.1. The summed E-state index contributed by atoms with van der Waals surface area (Å²) in [6.07, 6.45) is 3.31. The van der Waals surface area contributed by atoms with Gasteiger partial charge in [0.05, 0.1) is 10.4 Å².